The van der Waals surface area contributed by atoms with Crippen LogP contribution in [0.15, 0.2) is 30.3 Å². The lowest BCUT2D eigenvalue weighted by molar-refractivity contribution is 0.102. The van der Waals surface area contributed by atoms with Crippen molar-refractivity contribution in [2.24, 2.45) is 0 Å². The van der Waals surface area contributed by atoms with E-state index in [1.54, 1.807) is 12.1 Å². The molecule has 0 saturated heterocycles. The Balaban J connectivity index is 1.92. The minimum Gasteiger partial charge on any atom is -0.322 e. The number of anilines is 1. The molecule has 140 valence electrons. The number of nitrogens with one attached hydrogen (secondary N) is 1. The average molecular weight is 361 g/mol. The summed E-state index contributed by atoms with van der Waals surface area (Å²) in [6.45, 7) is 10.5. The van der Waals surface area contributed by atoms with Gasteiger partial charge in [0, 0.05) is 29.8 Å². The Bertz CT molecular complexity index is 937. The van der Waals surface area contributed by atoms with Crippen molar-refractivity contribution in [3.05, 3.63) is 63.7 Å². The van der Waals surface area contributed by atoms with Crippen LogP contribution in [0.25, 0.3) is 0 Å². The second-order valence-electron chi connectivity index (χ2n) is 8.11. The van der Waals surface area contributed by atoms with Crippen LogP contribution >= 0.6 is 0 Å². The summed E-state index contributed by atoms with van der Waals surface area (Å²) in [5.74, 6) is -0.180. The maximum atomic E-state index is 12.8. The molecule has 1 aliphatic rings. The van der Waals surface area contributed by atoms with Gasteiger partial charge in [-0.15, -0.1) is 0 Å². The van der Waals surface area contributed by atoms with Crippen LogP contribution in [-0.2, 0) is 18.4 Å². The monoisotopic (exact) mass is 361 g/mol. The molecule has 0 unspecified atom stereocenters. The molecule has 2 aromatic rings. The minimum absolute atomic E-state index is 0.0906. The summed E-state index contributed by atoms with van der Waals surface area (Å²) in [4.78, 5) is 15.1. The number of nitrogens with zero attached hydrogens (tertiary/aromatic N) is 2. The van der Waals surface area contributed by atoms with E-state index in [1.165, 1.54) is 11.1 Å². The number of aryl methyl sites for hydroxylation is 1. The van der Waals surface area contributed by atoms with Crippen molar-refractivity contribution in [1.82, 2.24) is 4.90 Å². The van der Waals surface area contributed by atoms with Crippen molar-refractivity contribution in [2.75, 3.05) is 18.9 Å². The van der Waals surface area contributed by atoms with Gasteiger partial charge >= 0.3 is 0 Å². The largest absolute Gasteiger partial charge is 0.322 e. The zero-order valence-corrected chi connectivity index (χ0v) is 16.8. The second kappa shape index (κ2) is 7.17. The van der Waals surface area contributed by atoms with Gasteiger partial charge in [-0.3, -0.25) is 4.79 Å². The number of amides is 1. The Morgan fingerprint density at radius 1 is 1.30 bits per heavy atom. The van der Waals surface area contributed by atoms with Crippen LogP contribution in [0.2, 0.25) is 0 Å². The van der Waals surface area contributed by atoms with E-state index in [2.05, 4.69) is 50.2 Å². The van der Waals surface area contributed by atoms with Gasteiger partial charge < -0.3 is 10.2 Å². The number of carbonyl (C=O) groups excluding carboxylic acids is 1. The first-order chi connectivity index (χ1) is 12.8. The van der Waals surface area contributed by atoms with Gasteiger partial charge in [0.2, 0.25) is 0 Å². The number of benzene rings is 2. The molecule has 4 nitrogen and oxygen atoms in total. The lowest BCUT2D eigenvalue weighted by Gasteiger charge is -2.39. The molecule has 2 aromatic carbocycles. The third kappa shape index (κ3) is 3.61. The van der Waals surface area contributed by atoms with E-state index >= 15 is 0 Å². The summed E-state index contributed by atoms with van der Waals surface area (Å²) >= 11 is 0. The lowest BCUT2D eigenvalue weighted by Crippen LogP contribution is -2.40. The Hall–Kier alpha value is -2.64. The van der Waals surface area contributed by atoms with Crippen LogP contribution < -0.4 is 5.32 Å². The van der Waals surface area contributed by atoms with Crippen molar-refractivity contribution in [2.45, 2.75) is 46.1 Å². The zero-order valence-electron chi connectivity index (χ0n) is 16.8. The Morgan fingerprint density at radius 3 is 2.70 bits per heavy atom. The van der Waals surface area contributed by atoms with Gasteiger partial charge in [0.15, 0.2) is 0 Å². The predicted molar refractivity (Wildman–Crippen MR) is 109 cm³/mol. The van der Waals surface area contributed by atoms with Crippen molar-refractivity contribution < 1.29 is 4.79 Å². The highest BCUT2D eigenvalue weighted by atomic mass is 16.1. The molecule has 0 aliphatic carbocycles. The van der Waals surface area contributed by atoms with Crippen molar-refractivity contribution in [3.63, 3.8) is 0 Å². The smallest absolute Gasteiger partial charge is 0.255 e. The first-order valence-corrected chi connectivity index (χ1v) is 9.42. The molecule has 1 N–H and O–H groups in total. The fourth-order valence-corrected chi connectivity index (χ4v) is 4.14. The SMILES string of the molecule is CCc1ccc(C(=O)Nc2ccc3c(c2C)CN(C)CC3(C)C)cc1C#N. The van der Waals surface area contributed by atoms with Crippen LogP contribution in [0.1, 0.15) is 58.9 Å². The fourth-order valence-electron chi connectivity index (χ4n) is 4.14. The van der Waals surface area contributed by atoms with Crippen LogP contribution in [0.3, 0.4) is 0 Å². The molecule has 0 radical (unpaired) electrons. The molecule has 1 heterocycles. The van der Waals surface area contributed by atoms with E-state index in [4.69, 9.17) is 0 Å². The quantitative estimate of drug-likeness (QED) is 0.881. The van der Waals surface area contributed by atoms with Crippen LogP contribution in [0, 0.1) is 18.3 Å². The first-order valence-electron chi connectivity index (χ1n) is 9.42. The Labute approximate surface area is 161 Å². The standard InChI is InChI=1S/C23H27N3O/c1-6-16-7-8-17(11-18(16)12-24)22(27)25-21-10-9-20-19(15(21)2)13-26(5)14-23(20,3)4/h7-11H,6,13-14H2,1-5H3,(H,25,27). The lowest BCUT2D eigenvalue weighted by atomic mass is 9.77. The van der Waals surface area contributed by atoms with Crippen molar-refractivity contribution in [3.8, 4) is 6.07 Å². The molecule has 0 atom stereocenters. The second-order valence-corrected chi connectivity index (χ2v) is 8.11. The van der Waals surface area contributed by atoms with Crippen LogP contribution in [0.4, 0.5) is 5.69 Å². The van der Waals surface area contributed by atoms with Gasteiger partial charge in [-0.25, -0.2) is 0 Å². The molecule has 0 saturated carbocycles. The number of rotatable bonds is 3. The molecule has 0 aromatic heterocycles. The molecular formula is C23H27N3O. The van der Waals surface area contributed by atoms with E-state index in [9.17, 15) is 10.1 Å². The number of likely N-dealkylation sites (N-methyl/N-ethyl adjacent to an activating group) is 1. The van der Waals surface area contributed by atoms with E-state index in [-0.39, 0.29) is 11.3 Å². The van der Waals surface area contributed by atoms with Gasteiger partial charge in [0.25, 0.3) is 5.91 Å². The number of hydrogen-bond acceptors (Lipinski definition) is 3. The maximum absolute atomic E-state index is 12.8. The highest BCUT2D eigenvalue weighted by Crippen LogP contribution is 2.36. The van der Waals surface area contributed by atoms with Gasteiger partial charge in [-0.05, 0) is 60.8 Å². The molecule has 27 heavy (non-hydrogen) atoms. The Kier molecular flexibility index (Phi) is 5.08. The van der Waals surface area contributed by atoms with E-state index in [1.807, 2.05) is 19.1 Å². The van der Waals surface area contributed by atoms with Crippen molar-refractivity contribution in [1.29, 1.82) is 5.26 Å². The molecule has 1 aliphatic heterocycles. The first kappa shape index (κ1) is 19.1. The van der Waals surface area contributed by atoms with Crippen LogP contribution in [-0.4, -0.2) is 24.4 Å². The zero-order chi connectivity index (χ0) is 19.8. The number of fused-ring (bicyclic) bond motifs is 1. The normalized spacial score (nSPS) is 15.7. The molecule has 4 heteroatoms. The predicted octanol–water partition coefficient (Wildman–Crippen LogP) is 4.40. The highest BCUT2D eigenvalue weighted by Gasteiger charge is 2.31. The molecule has 3 rings (SSSR count). The number of carbonyl (C=O) groups is 1. The molecule has 0 spiro atoms. The molecule has 0 fully saturated rings. The molecule has 0 bridgehead atoms. The highest BCUT2D eigenvalue weighted by molar-refractivity contribution is 6.05. The van der Waals surface area contributed by atoms with Gasteiger partial charge in [-0.1, -0.05) is 32.9 Å². The van der Waals surface area contributed by atoms with Gasteiger partial charge in [0.1, 0.15) is 0 Å². The minimum atomic E-state index is -0.180. The third-order valence-electron chi connectivity index (χ3n) is 5.54. The van der Waals surface area contributed by atoms with Crippen molar-refractivity contribution >= 4 is 11.6 Å². The summed E-state index contributed by atoms with van der Waals surface area (Å²) in [5, 5.41) is 12.4. The third-order valence-corrected chi connectivity index (χ3v) is 5.54. The summed E-state index contributed by atoms with van der Waals surface area (Å²) < 4.78 is 0. The topological polar surface area (TPSA) is 56.1 Å². The Morgan fingerprint density at radius 2 is 2.04 bits per heavy atom. The summed E-state index contributed by atoms with van der Waals surface area (Å²) in [5.41, 5.74) is 6.74. The number of hydrogen-bond donors (Lipinski definition) is 1. The maximum Gasteiger partial charge on any atom is 0.255 e. The van der Waals surface area contributed by atoms with Gasteiger partial charge in [-0.2, -0.15) is 5.26 Å². The average Bonchev–Trinajstić information content (AvgIpc) is 2.62. The number of nitriles is 1. The van der Waals surface area contributed by atoms with E-state index in [0.717, 1.165) is 36.3 Å². The van der Waals surface area contributed by atoms with E-state index < -0.39 is 0 Å². The van der Waals surface area contributed by atoms with Crippen LogP contribution in [0.5, 0.6) is 0 Å². The summed E-state index contributed by atoms with van der Waals surface area (Å²) in [7, 11) is 2.13. The molecular weight excluding hydrogens is 334 g/mol. The summed E-state index contributed by atoms with van der Waals surface area (Å²) in [6, 6.07) is 11.7. The van der Waals surface area contributed by atoms with E-state index in [0.29, 0.717) is 11.1 Å². The van der Waals surface area contributed by atoms with Gasteiger partial charge in [0.05, 0.1) is 11.6 Å². The fraction of sp³-hybridized carbons (Fsp3) is 0.391. The molecule has 1 amide bonds. The summed E-state index contributed by atoms with van der Waals surface area (Å²) in [6.07, 6.45) is 0.776.